The zero-order valence-electron chi connectivity index (χ0n) is 14.2. The lowest BCUT2D eigenvalue weighted by Crippen LogP contribution is -2.44. The molecule has 1 aromatic rings. The van der Waals surface area contributed by atoms with Crippen LogP contribution < -0.4 is 0 Å². The molecule has 3 rings (SSSR count). The van der Waals surface area contributed by atoms with Crippen molar-refractivity contribution >= 4 is 23.7 Å². The van der Waals surface area contributed by atoms with E-state index in [2.05, 4.69) is 12.1 Å². The van der Waals surface area contributed by atoms with Gasteiger partial charge in [-0.05, 0) is 49.1 Å². The van der Waals surface area contributed by atoms with Crippen molar-refractivity contribution in [2.75, 3.05) is 20.0 Å². The molecule has 0 saturated heterocycles. The summed E-state index contributed by atoms with van der Waals surface area (Å²) in [6.45, 7) is 0. The standard InChI is InChI=1S/C19H24O4S/c1-22-17(20)19(18(21)23-2)11-13(15-9-6-10-16(15)19)12-24-14-7-4-3-5-8-14/h3-5,7-8,13,15-16H,6,9-12H2,1-2H3/t13?,15-,16-/m1/s1. The topological polar surface area (TPSA) is 52.6 Å². The maximum Gasteiger partial charge on any atom is 0.323 e. The second kappa shape index (κ2) is 7.18. The Morgan fingerprint density at radius 3 is 2.42 bits per heavy atom. The number of fused-ring (bicyclic) bond motifs is 1. The van der Waals surface area contributed by atoms with Gasteiger partial charge in [-0.3, -0.25) is 9.59 Å². The number of ether oxygens (including phenoxy) is 2. The molecule has 0 amide bonds. The Kier molecular flexibility index (Phi) is 5.18. The van der Waals surface area contributed by atoms with E-state index in [1.165, 1.54) is 19.1 Å². The van der Waals surface area contributed by atoms with E-state index in [0.717, 1.165) is 25.0 Å². The predicted octanol–water partition coefficient (Wildman–Crippen LogP) is 3.55. The molecule has 0 radical (unpaired) electrons. The van der Waals surface area contributed by atoms with E-state index < -0.39 is 17.4 Å². The molecule has 2 saturated carbocycles. The normalized spacial score (nSPS) is 27.5. The maximum atomic E-state index is 12.6. The number of hydrogen-bond donors (Lipinski definition) is 0. The fourth-order valence-corrected chi connectivity index (χ4v) is 5.82. The first kappa shape index (κ1) is 17.3. The fraction of sp³-hybridized carbons (Fsp3) is 0.579. The molecule has 24 heavy (non-hydrogen) atoms. The van der Waals surface area contributed by atoms with Gasteiger partial charge < -0.3 is 9.47 Å². The number of rotatable bonds is 5. The summed E-state index contributed by atoms with van der Waals surface area (Å²) in [5.41, 5.74) is -1.10. The Hall–Kier alpha value is -1.49. The lowest BCUT2D eigenvalue weighted by molar-refractivity contribution is -0.172. The quantitative estimate of drug-likeness (QED) is 0.463. The first-order valence-electron chi connectivity index (χ1n) is 8.48. The summed E-state index contributed by atoms with van der Waals surface area (Å²) in [5.74, 6) is 0.872. The van der Waals surface area contributed by atoms with E-state index in [1.54, 1.807) is 11.8 Å². The van der Waals surface area contributed by atoms with Crippen LogP contribution in [-0.4, -0.2) is 31.9 Å². The molecule has 0 aliphatic heterocycles. The molecule has 1 aromatic carbocycles. The Labute approximate surface area is 147 Å². The van der Waals surface area contributed by atoms with Crippen molar-refractivity contribution in [1.29, 1.82) is 0 Å². The highest BCUT2D eigenvalue weighted by molar-refractivity contribution is 7.99. The number of carbonyl (C=O) groups is 2. The van der Waals surface area contributed by atoms with Crippen LogP contribution in [0.4, 0.5) is 0 Å². The van der Waals surface area contributed by atoms with Crippen LogP contribution >= 0.6 is 11.8 Å². The minimum atomic E-state index is -1.10. The zero-order valence-corrected chi connectivity index (χ0v) is 15.0. The Morgan fingerprint density at radius 2 is 1.79 bits per heavy atom. The number of benzene rings is 1. The van der Waals surface area contributed by atoms with Gasteiger partial charge in [-0.2, -0.15) is 0 Å². The third-order valence-corrected chi connectivity index (χ3v) is 6.90. The van der Waals surface area contributed by atoms with Gasteiger partial charge in [-0.25, -0.2) is 0 Å². The molecule has 2 fully saturated rings. The van der Waals surface area contributed by atoms with Gasteiger partial charge in [0, 0.05) is 10.6 Å². The molecular weight excluding hydrogens is 324 g/mol. The van der Waals surface area contributed by atoms with Gasteiger partial charge in [0.15, 0.2) is 5.41 Å². The summed E-state index contributed by atoms with van der Waals surface area (Å²) in [6, 6.07) is 10.3. The highest BCUT2D eigenvalue weighted by Gasteiger charge is 2.64. The summed E-state index contributed by atoms with van der Waals surface area (Å²) < 4.78 is 10.1. The van der Waals surface area contributed by atoms with E-state index in [0.29, 0.717) is 18.3 Å². The van der Waals surface area contributed by atoms with Gasteiger partial charge in [0.1, 0.15) is 0 Å². The van der Waals surface area contributed by atoms with Crippen molar-refractivity contribution in [1.82, 2.24) is 0 Å². The first-order valence-corrected chi connectivity index (χ1v) is 9.46. The van der Waals surface area contributed by atoms with Gasteiger partial charge in [-0.15, -0.1) is 11.8 Å². The number of esters is 2. The molecule has 0 N–H and O–H groups in total. The van der Waals surface area contributed by atoms with Crippen molar-refractivity contribution in [3.63, 3.8) is 0 Å². The van der Waals surface area contributed by atoms with Gasteiger partial charge in [-0.1, -0.05) is 24.6 Å². The molecule has 1 unspecified atom stereocenters. The van der Waals surface area contributed by atoms with Crippen LogP contribution in [0.1, 0.15) is 25.7 Å². The molecule has 4 nitrogen and oxygen atoms in total. The van der Waals surface area contributed by atoms with E-state index >= 15 is 0 Å². The summed E-state index contributed by atoms with van der Waals surface area (Å²) in [6.07, 6.45) is 3.60. The Morgan fingerprint density at radius 1 is 1.12 bits per heavy atom. The number of hydrogen-bond acceptors (Lipinski definition) is 5. The van der Waals surface area contributed by atoms with Crippen LogP contribution in [0.2, 0.25) is 0 Å². The summed E-state index contributed by atoms with van der Waals surface area (Å²) in [5, 5.41) is 0. The molecule has 5 heteroatoms. The summed E-state index contributed by atoms with van der Waals surface area (Å²) >= 11 is 1.80. The van der Waals surface area contributed by atoms with Crippen LogP contribution in [0.3, 0.4) is 0 Å². The van der Waals surface area contributed by atoms with Crippen molar-refractivity contribution in [3.05, 3.63) is 30.3 Å². The lowest BCUT2D eigenvalue weighted by atomic mass is 9.76. The third-order valence-electron chi connectivity index (χ3n) is 5.70. The fourth-order valence-electron chi connectivity index (χ4n) is 4.70. The van der Waals surface area contributed by atoms with Crippen molar-refractivity contribution in [2.24, 2.45) is 23.2 Å². The molecular formula is C19H24O4S. The van der Waals surface area contributed by atoms with Gasteiger partial charge >= 0.3 is 11.9 Å². The molecule has 2 aliphatic rings. The average Bonchev–Trinajstić information content (AvgIpc) is 3.22. The second-order valence-corrected chi connectivity index (χ2v) is 7.84. The highest BCUT2D eigenvalue weighted by atomic mass is 32.2. The SMILES string of the molecule is COC(=O)C1(C(=O)OC)CC(CSc2ccccc2)[C@H]2CCC[C@H]21. The van der Waals surface area contributed by atoms with Gasteiger partial charge in [0.25, 0.3) is 0 Å². The summed E-state index contributed by atoms with van der Waals surface area (Å²) in [4.78, 5) is 26.4. The average molecular weight is 348 g/mol. The molecule has 2 aliphatic carbocycles. The monoisotopic (exact) mass is 348 g/mol. The molecule has 0 heterocycles. The summed E-state index contributed by atoms with van der Waals surface area (Å²) in [7, 11) is 2.73. The first-order chi connectivity index (χ1) is 11.6. The number of methoxy groups -OCH3 is 2. The van der Waals surface area contributed by atoms with E-state index in [-0.39, 0.29) is 5.92 Å². The van der Waals surface area contributed by atoms with Crippen LogP contribution in [-0.2, 0) is 19.1 Å². The molecule has 0 bridgehead atoms. The van der Waals surface area contributed by atoms with E-state index in [9.17, 15) is 9.59 Å². The van der Waals surface area contributed by atoms with Gasteiger partial charge in [0.05, 0.1) is 14.2 Å². The smallest absolute Gasteiger partial charge is 0.323 e. The minimum Gasteiger partial charge on any atom is -0.468 e. The van der Waals surface area contributed by atoms with Crippen molar-refractivity contribution < 1.29 is 19.1 Å². The zero-order chi connectivity index (χ0) is 17.2. The lowest BCUT2D eigenvalue weighted by Gasteiger charge is -2.29. The van der Waals surface area contributed by atoms with Crippen LogP contribution in [0.25, 0.3) is 0 Å². The van der Waals surface area contributed by atoms with Gasteiger partial charge in [0.2, 0.25) is 0 Å². The highest BCUT2D eigenvalue weighted by Crippen LogP contribution is 2.59. The third kappa shape index (κ3) is 2.83. The molecule has 3 atom stereocenters. The van der Waals surface area contributed by atoms with E-state index in [1.807, 2.05) is 18.2 Å². The van der Waals surface area contributed by atoms with Crippen molar-refractivity contribution in [2.45, 2.75) is 30.6 Å². The second-order valence-electron chi connectivity index (χ2n) is 6.74. The Balaban J connectivity index is 1.82. The van der Waals surface area contributed by atoms with Crippen LogP contribution in [0.5, 0.6) is 0 Å². The van der Waals surface area contributed by atoms with Crippen molar-refractivity contribution in [3.8, 4) is 0 Å². The van der Waals surface area contributed by atoms with Crippen LogP contribution in [0, 0.1) is 23.2 Å². The largest absolute Gasteiger partial charge is 0.468 e. The Bertz CT molecular complexity index is 585. The molecule has 0 aromatic heterocycles. The van der Waals surface area contributed by atoms with E-state index in [4.69, 9.17) is 9.47 Å². The predicted molar refractivity (Wildman–Crippen MR) is 92.6 cm³/mol. The number of carbonyl (C=O) groups excluding carboxylic acids is 2. The molecule has 130 valence electrons. The minimum absolute atomic E-state index is 0.0544. The van der Waals surface area contributed by atoms with Crippen LogP contribution in [0.15, 0.2) is 35.2 Å². The maximum absolute atomic E-state index is 12.6. The number of thioether (sulfide) groups is 1. The molecule has 0 spiro atoms.